The normalized spacial score (nSPS) is 11.3. The lowest BCUT2D eigenvalue weighted by Crippen LogP contribution is -1.92. The minimum absolute atomic E-state index is 0.565. The molecule has 2 aromatic carbocycles. The van der Waals surface area contributed by atoms with E-state index in [0.29, 0.717) is 17.1 Å². The highest BCUT2D eigenvalue weighted by molar-refractivity contribution is 5.97. The molecule has 0 aliphatic heterocycles. The fourth-order valence-electron chi connectivity index (χ4n) is 2.55. The van der Waals surface area contributed by atoms with Crippen LogP contribution in [-0.2, 0) is 0 Å². The highest BCUT2D eigenvalue weighted by Gasteiger charge is 2.09. The number of nitrogens with one attached hydrogen (secondary N) is 1. The van der Waals surface area contributed by atoms with Crippen LogP contribution in [0.1, 0.15) is 11.1 Å². The van der Waals surface area contributed by atoms with Crippen LogP contribution in [-0.4, -0.2) is 19.2 Å². The van der Waals surface area contributed by atoms with Crippen molar-refractivity contribution >= 4 is 22.6 Å². The molecule has 23 heavy (non-hydrogen) atoms. The molecule has 3 aromatic rings. The second-order valence-electron chi connectivity index (χ2n) is 5.03. The fourth-order valence-corrected chi connectivity index (χ4v) is 2.55. The summed E-state index contributed by atoms with van der Waals surface area (Å²) in [4.78, 5) is 3.21. The number of methoxy groups -OCH3 is 2. The summed E-state index contributed by atoms with van der Waals surface area (Å²) in [7, 11) is 3.17. The second kappa shape index (κ2) is 6.29. The lowest BCUT2D eigenvalue weighted by molar-refractivity contribution is 0.355. The van der Waals surface area contributed by atoms with Crippen LogP contribution in [0.4, 0.5) is 0 Å². The summed E-state index contributed by atoms with van der Waals surface area (Å²) in [5, 5.41) is 10.6. The van der Waals surface area contributed by atoms with E-state index in [1.165, 1.54) is 0 Å². The zero-order chi connectivity index (χ0) is 16.2. The van der Waals surface area contributed by atoms with Gasteiger partial charge in [-0.2, -0.15) is 5.26 Å². The first-order valence-electron chi connectivity index (χ1n) is 7.17. The summed E-state index contributed by atoms with van der Waals surface area (Å²) in [6.07, 6.45) is 3.78. The number of benzene rings is 2. The number of para-hydroxylation sites is 1. The van der Waals surface area contributed by atoms with Gasteiger partial charge in [-0.25, -0.2) is 0 Å². The molecule has 1 aromatic heterocycles. The Kier molecular flexibility index (Phi) is 4.03. The van der Waals surface area contributed by atoms with Crippen molar-refractivity contribution < 1.29 is 9.47 Å². The molecule has 0 radical (unpaired) electrons. The number of hydrogen-bond acceptors (Lipinski definition) is 3. The smallest absolute Gasteiger partial charge is 0.161 e. The number of hydrogen-bond donors (Lipinski definition) is 1. The minimum atomic E-state index is 0.565. The van der Waals surface area contributed by atoms with Gasteiger partial charge in [0.15, 0.2) is 11.5 Å². The van der Waals surface area contributed by atoms with Gasteiger partial charge in [0.25, 0.3) is 0 Å². The van der Waals surface area contributed by atoms with Crippen molar-refractivity contribution in [3.05, 3.63) is 59.8 Å². The lowest BCUT2D eigenvalue weighted by atomic mass is 10.0. The lowest BCUT2D eigenvalue weighted by Gasteiger charge is -2.09. The van der Waals surface area contributed by atoms with E-state index >= 15 is 0 Å². The number of H-pyrrole nitrogens is 1. The van der Waals surface area contributed by atoms with Crippen molar-refractivity contribution in [3.63, 3.8) is 0 Å². The van der Waals surface area contributed by atoms with Crippen LogP contribution in [0, 0.1) is 11.3 Å². The Hall–Kier alpha value is -3.19. The van der Waals surface area contributed by atoms with Crippen LogP contribution in [0.15, 0.2) is 48.7 Å². The summed E-state index contributed by atoms with van der Waals surface area (Å²) in [5.41, 5.74) is 3.38. The Labute approximate surface area is 134 Å². The molecule has 0 fully saturated rings. The van der Waals surface area contributed by atoms with E-state index in [9.17, 15) is 5.26 Å². The van der Waals surface area contributed by atoms with Gasteiger partial charge in [-0.05, 0) is 35.9 Å². The minimum Gasteiger partial charge on any atom is -0.493 e. The third-order valence-electron chi connectivity index (χ3n) is 3.74. The fraction of sp³-hybridized carbons (Fsp3) is 0.105. The number of nitrogens with zero attached hydrogens (tertiary/aromatic N) is 1. The van der Waals surface area contributed by atoms with Gasteiger partial charge in [-0.15, -0.1) is 0 Å². The van der Waals surface area contributed by atoms with E-state index in [4.69, 9.17) is 9.47 Å². The van der Waals surface area contributed by atoms with Crippen molar-refractivity contribution in [2.24, 2.45) is 0 Å². The molecule has 4 nitrogen and oxygen atoms in total. The predicted molar refractivity (Wildman–Crippen MR) is 91.3 cm³/mol. The molecule has 1 N–H and O–H groups in total. The summed E-state index contributed by atoms with van der Waals surface area (Å²) >= 11 is 0. The van der Waals surface area contributed by atoms with E-state index in [2.05, 4.69) is 11.1 Å². The van der Waals surface area contributed by atoms with Gasteiger partial charge in [0.1, 0.15) is 0 Å². The molecule has 0 atom stereocenters. The number of ether oxygens (including phenoxy) is 2. The zero-order valence-corrected chi connectivity index (χ0v) is 13.0. The summed E-state index contributed by atoms with van der Waals surface area (Å²) < 4.78 is 10.5. The SMILES string of the molecule is COc1ccc(/C(C#N)=C/c2c[nH]c3ccccc23)cc1OC. The highest BCUT2D eigenvalue weighted by atomic mass is 16.5. The Morgan fingerprint density at radius 2 is 1.87 bits per heavy atom. The predicted octanol–water partition coefficient (Wildman–Crippen LogP) is 4.25. The first kappa shape index (κ1) is 14.7. The third kappa shape index (κ3) is 2.77. The average molecular weight is 304 g/mol. The Balaban J connectivity index is 2.08. The molecule has 0 spiro atoms. The van der Waals surface area contributed by atoms with Gasteiger partial charge in [0.05, 0.1) is 25.9 Å². The van der Waals surface area contributed by atoms with Crippen molar-refractivity contribution in [1.29, 1.82) is 5.26 Å². The van der Waals surface area contributed by atoms with E-state index in [1.54, 1.807) is 20.3 Å². The number of rotatable bonds is 4. The summed E-state index contributed by atoms with van der Waals surface area (Å²) in [6.45, 7) is 0. The van der Waals surface area contributed by atoms with Crippen molar-refractivity contribution in [2.45, 2.75) is 0 Å². The van der Waals surface area contributed by atoms with E-state index in [0.717, 1.165) is 22.0 Å². The van der Waals surface area contributed by atoms with E-state index < -0.39 is 0 Å². The quantitative estimate of drug-likeness (QED) is 0.733. The molecule has 0 unspecified atom stereocenters. The van der Waals surface area contributed by atoms with Crippen LogP contribution >= 0.6 is 0 Å². The molecular formula is C19H16N2O2. The van der Waals surface area contributed by atoms with Crippen molar-refractivity contribution in [1.82, 2.24) is 4.98 Å². The molecule has 114 valence electrons. The highest BCUT2D eigenvalue weighted by Crippen LogP contribution is 2.31. The summed E-state index contributed by atoms with van der Waals surface area (Å²) in [6, 6.07) is 15.7. The zero-order valence-electron chi connectivity index (χ0n) is 13.0. The number of nitriles is 1. The average Bonchev–Trinajstić information content (AvgIpc) is 3.02. The maximum Gasteiger partial charge on any atom is 0.161 e. The maximum atomic E-state index is 9.54. The van der Waals surface area contributed by atoms with Crippen LogP contribution < -0.4 is 9.47 Å². The molecule has 3 rings (SSSR count). The van der Waals surface area contributed by atoms with Gasteiger partial charge in [0.2, 0.25) is 0 Å². The second-order valence-corrected chi connectivity index (χ2v) is 5.03. The third-order valence-corrected chi connectivity index (χ3v) is 3.74. The molecule has 0 saturated heterocycles. The molecule has 1 heterocycles. The Bertz CT molecular complexity index is 917. The molecule has 4 heteroatoms. The van der Waals surface area contributed by atoms with Crippen LogP contribution in [0.5, 0.6) is 11.5 Å². The van der Waals surface area contributed by atoms with Gasteiger partial charge in [0, 0.05) is 22.7 Å². The van der Waals surface area contributed by atoms with Crippen LogP contribution in [0.3, 0.4) is 0 Å². The van der Waals surface area contributed by atoms with Crippen molar-refractivity contribution in [2.75, 3.05) is 14.2 Å². The van der Waals surface area contributed by atoms with Gasteiger partial charge < -0.3 is 14.5 Å². The first-order valence-corrected chi connectivity index (χ1v) is 7.17. The molecule has 0 saturated carbocycles. The monoisotopic (exact) mass is 304 g/mol. The first-order chi connectivity index (χ1) is 11.3. The van der Waals surface area contributed by atoms with Gasteiger partial charge in [-0.3, -0.25) is 0 Å². The van der Waals surface area contributed by atoms with Gasteiger partial charge >= 0.3 is 0 Å². The molecule has 0 bridgehead atoms. The van der Waals surface area contributed by atoms with Crippen molar-refractivity contribution in [3.8, 4) is 17.6 Å². The van der Waals surface area contributed by atoms with Gasteiger partial charge in [-0.1, -0.05) is 18.2 Å². The summed E-state index contributed by atoms with van der Waals surface area (Å²) in [5.74, 6) is 1.24. The topological polar surface area (TPSA) is 58.0 Å². The number of aromatic nitrogens is 1. The van der Waals surface area contributed by atoms with Crippen LogP contribution in [0.2, 0.25) is 0 Å². The Morgan fingerprint density at radius 3 is 2.61 bits per heavy atom. The molecule has 0 aliphatic rings. The standard InChI is InChI=1S/C19H16N2O2/c1-22-18-8-7-13(10-19(18)23-2)14(11-20)9-15-12-21-17-6-4-3-5-16(15)17/h3-10,12,21H,1-2H3/b14-9+. The van der Waals surface area contributed by atoms with Crippen LogP contribution in [0.25, 0.3) is 22.6 Å². The van der Waals surface area contributed by atoms with E-state index in [1.807, 2.05) is 48.7 Å². The number of fused-ring (bicyclic) bond motifs is 1. The molecular weight excluding hydrogens is 288 g/mol. The Morgan fingerprint density at radius 1 is 1.09 bits per heavy atom. The largest absolute Gasteiger partial charge is 0.493 e. The van der Waals surface area contributed by atoms with E-state index in [-0.39, 0.29) is 0 Å². The maximum absolute atomic E-state index is 9.54. The number of allylic oxidation sites excluding steroid dienone is 1. The molecule has 0 amide bonds. The molecule has 0 aliphatic carbocycles. The number of aromatic amines is 1.